The van der Waals surface area contributed by atoms with Crippen LogP contribution in [0.4, 0.5) is 0 Å². The van der Waals surface area contributed by atoms with Crippen molar-refractivity contribution < 1.29 is 14.7 Å². The smallest absolute Gasteiger partial charge is 0.234 e. The van der Waals surface area contributed by atoms with Crippen LogP contribution in [0.1, 0.15) is 51.9 Å². The molecule has 1 aliphatic carbocycles. The molecule has 1 fully saturated rings. The van der Waals surface area contributed by atoms with Gasteiger partial charge in [0.1, 0.15) is 5.41 Å². The lowest BCUT2D eigenvalue weighted by Crippen LogP contribution is -2.51. The minimum Gasteiger partial charge on any atom is -0.409 e. The summed E-state index contributed by atoms with van der Waals surface area (Å²) >= 11 is 0. The van der Waals surface area contributed by atoms with E-state index in [2.05, 4.69) is 17.4 Å². The predicted octanol–water partition coefficient (Wildman–Crippen LogP) is 1.62. The minimum atomic E-state index is -0.837. The number of nitrogens with two attached hydrogens (primary N) is 1. The molecule has 0 radical (unpaired) electrons. The van der Waals surface area contributed by atoms with Crippen LogP contribution in [0.5, 0.6) is 0 Å². The zero-order valence-electron chi connectivity index (χ0n) is 12.4. The zero-order valence-corrected chi connectivity index (χ0v) is 12.4. The first-order chi connectivity index (χ1) is 9.67. The molecule has 6 nitrogen and oxygen atoms in total. The molecule has 0 unspecified atom stereocenters. The zero-order chi connectivity index (χ0) is 14.8. The number of amidine groups is 1. The van der Waals surface area contributed by atoms with E-state index < -0.39 is 5.41 Å². The summed E-state index contributed by atoms with van der Waals surface area (Å²) in [4.78, 5) is 12.4. The number of oxime groups is 1. The first-order valence-corrected chi connectivity index (χ1v) is 7.51. The van der Waals surface area contributed by atoms with Crippen molar-refractivity contribution in [1.29, 1.82) is 0 Å². The van der Waals surface area contributed by atoms with E-state index in [4.69, 9.17) is 15.7 Å². The number of unbranched alkanes of at least 4 members (excludes halogenated alkanes) is 1. The van der Waals surface area contributed by atoms with Gasteiger partial charge in [-0.2, -0.15) is 0 Å². The van der Waals surface area contributed by atoms with E-state index in [0.717, 1.165) is 38.7 Å². The van der Waals surface area contributed by atoms with Crippen LogP contribution >= 0.6 is 0 Å². The average Bonchev–Trinajstić information content (AvgIpc) is 2.50. The fourth-order valence-corrected chi connectivity index (χ4v) is 2.60. The molecular formula is C14H27N3O3. The van der Waals surface area contributed by atoms with Crippen molar-refractivity contribution in [1.82, 2.24) is 5.32 Å². The molecule has 4 N–H and O–H groups in total. The largest absolute Gasteiger partial charge is 0.409 e. The molecule has 0 atom stereocenters. The lowest BCUT2D eigenvalue weighted by molar-refractivity contribution is -0.129. The van der Waals surface area contributed by atoms with Crippen LogP contribution < -0.4 is 11.1 Å². The van der Waals surface area contributed by atoms with Gasteiger partial charge in [-0.15, -0.1) is 0 Å². The monoisotopic (exact) mass is 285 g/mol. The maximum absolute atomic E-state index is 12.4. The standard InChI is InChI=1S/C14H27N3O3/c1-2-3-10-20-11-9-16-13(18)14(12(15)17-19)7-5-4-6-8-14/h19H,2-11H2,1H3,(H2,15,17)(H,16,18). The van der Waals surface area contributed by atoms with Gasteiger partial charge in [0.15, 0.2) is 5.84 Å². The molecule has 0 saturated heterocycles. The third-order valence-corrected chi connectivity index (χ3v) is 3.91. The number of nitrogens with one attached hydrogen (secondary N) is 1. The third-order valence-electron chi connectivity index (χ3n) is 3.91. The highest BCUT2D eigenvalue weighted by Gasteiger charge is 2.43. The van der Waals surface area contributed by atoms with E-state index in [-0.39, 0.29) is 11.7 Å². The van der Waals surface area contributed by atoms with Crippen molar-refractivity contribution >= 4 is 11.7 Å². The molecule has 6 heteroatoms. The van der Waals surface area contributed by atoms with E-state index in [1.165, 1.54) is 0 Å². The van der Waals surface area contributed by atoms with Crippen molar-refractivity contribution in [2.75, 3.05) is 19.8 Å². The maximum atomic E-state index is 12.4. The van der Waals surface area contributed by atoms with Crippen molar-refractivity contribution in [2.24, 2.45) is 16.3 Å². The molecular weight excluding hydrogens is 258 g/mol. The Morgan fingerprint density at radius 2 is 2.05 bits per heavy atom. The molecule has 116 valence electrons. The Kier molecular flexibility index (Phi) is 7.36. The summed E-state index contributed by atoms with van der Waals surface area (Å²) in [6, 6.07) is 0. The highest BCUT2D eigenvalue weighted by atomic mass is 16.5. The third kappa shape index (κ3) is 4.37. The Bertz CT molecular complexity index is 326. The highest BCUT2D eigenvalue weighted by Crippen LogP contribution is 2.36. The summed E-state index contributed by atoms with van der Waals surface area (Å²) in [5.41, 5.74) is 4.92. The Balaban J connectivity index is 2.44. The second kappa shape index (κ2) is 8.79. The van der Waals surface area contributed by atoms with E-state index in [1.807, 2.05) is 0 Å². The lowest BCUT2D eigenvalue weighted by atomic mass is 9.72. The minimum absolute atomic E-state index is 0.0293. The molecule has 0 heterocycles. The fourth-order valence-electron chi connectivity index (χ4n) is 2.60. The normalized spacial score (nSPS) is 18.8. The highest BCUT2D eigenvalue weighted by molar-refractivity contribution is 6.06. The number of carbonyl (C=O) groups is 1. The number of nitrogens with zero attached hydrogens (tertiary/aromatic N) is 1. The van der Waals surface area contributed by atoms with Gasteiger partial charge in [-0.3, -0.25) is 4.79 Å². The Morgan fingerprint density at radius 3 is 2.65 bits per heavy atom. The first-order valence-electron chi connectivity index (χ1n) is 7.51. The Labute approximate surface area is 120 Å². The summed E-state index contributed by atoms with van der Waals surface area (Å²) < 4.78 is 5.41. The van der Waals surface area contributed by atoms with Crippen molar-refractivity contribution in [3.8, 4) is 0 Å². The van der Waals surface area contributed by atoms with Crippen LogP contribution in [0.15, 0.2) is 5.16 Å². The molecule has 0 aliphatic heterocycles. The molecule has 1 rings (SSSR count). The van der Waals surface area contributed by atoms with Crippen LogP contribution in [0, 0.1) is 5.41 Å². The number of ether oxygens (including phenoxy) is 1. The number of hydrogen-bond acceptors (Lipinski definition) is 4. The summed E-state index contributed by atoms with van der Waals surface area (Å²) in [6.45, 7) is 3.79. The molecule has 1 amide bonds. The Hall–Kier alpha value is -1.30. The van der Waals surface area contributed by atoms with Crippen LogP contribution in [0.3, 0.4) is 0 Å². The van der Waals surface area contributed by atoms with Gasteiger partial charge < -0.3 is 21.0 Å². The van der Waals surface area contributed by atoms with Gasteiger partial charge in [0.05, 0.1) is 6.61 Å². The predicted molar refractivity (Wildman–Crippen MR) is 77.7 cm³/mol. The second-order valence-corrected chi connectivity index (χ2v) is 5.35. The molecule has 0 bridgehead atoms. The summed E-state index contributed by atoms with van der Waals surface area (Å²) in [6.07, 6.45) is 6.36. The average molecular weight is 285 g/mol. The number of carbonyl (C=O) groups excluding carboxylic acids is 1. The number of hydrogen-bond donors (Lipinski definition) is 3. The molecule has 0 aromatic carbocycles. The van der Waals surface area contributed by atoms with Gasteiger partial charge in [-0.05, 0) is 19.3 Å². The molecule has 0 aromatic rings. The van der Waals surface area contributed by atoms with Gasteiger partial charge in [0.2, 0.25) is 5.91 Å². The fraction of sp³-hybridized carbons (Fsp3) is 0.857. The first kappa shape index (κ1) is 16.8. The van der Waals surface area contributed by atoms with Gasteiger partial charge >= 0.3 is 0 Å². The molecule has 0 aromatic heterocycles. The van der Waals surface area contributed by atoms with E-state index in [0.29, 0.717) is 26.0 Å². The van der Waals surface area contributed by atoms with Gasteiger partial charge in [0.25, 0.3) is 0 Å². The van der Waals surface area contributed by atoms with E-state index >= 15 is 0 Å². The molecule has 1 aliphatic rings. The van der Waals surface area contributed by atoms with Crippen LogP contribution in [-0.2, 0) is 9.53 Å². The quantitative estimate of drug-likeness (QED) is 0.207. The van der Waals surface area contributed by atoms with Gasteiger partial charge in [0, 0.05) is 13.2 Å². The van der Waals surface area contributed by atoms with E-state index in [9.17, 15) is 4.79 Å². The van der Waals surface area contributed by atoms with Crippen molar-refractivity contribution in [2.45, 2.75) is 51.9 Å². The molecule has 0 spiro atoms. The SMILES string of the molecule is CCCCOCCNC(=O)C1(C(N)=NO)CCCCC1. The summed E-state index contributed by atoms with van der Waals surface area (Å²) in [7, 11) is 0. The summed E-state index contributed by atoms with van der Waals surface area (Å²) in [5.74, 6) is -0.117. The van der Waals surface area contributed by atoms with E-state index in [1.54, 1.807) is 0 Å². The topological polar surface area (TPSA) is 96.9 Å². The number of rotatable bonds is 8. The van der Waals surface area contributed by atoms with Crippen molar-refractivity contribution in [3.05, 3.63) is 0 Å². The second-order valence-electron chi connectivity index (χ2n) is 5.35. The summed E-state index contributed by atoms with van der Waals surface area (Å²) in [5, 5.41) is 14.9. The molecule has 20 heavy (non-hydrogen) atoms. The van der Waals surface area contributed by atoms with Crippen LogP contribution in [0.25, 0.3) is 0 Å². The lowest BCUT2D eigenvalue weighted by Gasteiger charge is -2.34. The van der Waals surface area contributed by atoms with Crippen LogP contribution in [-0.4, -0.2) is 36.7 Å². The Morgan fingerprint density at radius 1 is 1.35 bits per heavy atom. The van der Waals surface area contributed by atoms with Crippen molar-refractivity contribution in [3.63, 3.8) is 0 Å². The maximum Gasteiger partial charge on any atom is 0.234 e. The van der Waals surface area contributed by atoms with Gasteiger partial charge in [-0.25, -0.2) is 0 Å². The van der Waals surface area contributed by atoms with Gasteiger partial charge in [-0.1, -0.05) is 37.8 Å². The number of amides is 1. The molecule has 1 saturated carbocycles. The van der Waals surface area contributed by atoms with Crippen LogP contribution in [0.2, 0.25) is 0 Å².